The minimum absolute atomic E-state index is 0. The Hall–Kier alpha value is -0.560. The van der Waals surface area contributed by atoms with E-state index in [0.29, 0.717) is 6.04 Å². The topological polar surface area (TPSA) is 3.88 Å². The Kier molecular flexibility index (Phi) is 1.95. The van der Waals surface area contributed by atoms with Gasteiger partial charge in [0.05, 0.1) is 5.56 Å². The molecule has 0 fully saturated rings. The third-order valence-electron chi connectivity index (χ3n) is 1.98. The maximum Gasteiger partial charge on any atom is 0.189 e. The summed E-state index contributed by atoms with van der Waals surface area (Å²) < 4.78 is 2.26. The number of pyridine rings is 1. The lowest BCUT2D eigenvalue weighted by Gasteiger charge is -2.17. The zero-order valence-electron chi connectivity index (χ0n) is 5.92. The molecule has 0 aliphatic carbocycles. The predicted octanol–water partition coefficient (Wildman–Crippen LogP) is -1.71. The normalized spacial score (nSPS) is 19.1. The molecule has 0 saturated heterocycles. The second-order valence-electron chi connectivity index (χ2n) is 2.51. The molecule has 0 spiro atoms. The Bertz CT molecular complexity index is 208. The average Bonchev–Trinajstić information content (AvgIpc) is 1.90. The lowest BCUT2D eigenvalue weighted by Crippen LogP contribution is -3.00. The highest BCUT2D eigenvalue weighted by Crippen LogP contribution is 2.20. The van der Waals surface area contributed by atoms with Crippen molar-refractivity contribution in [2.75, 3.05) is 0 Å². The van der Waals surface area contributed by atoms with Crippen LogP contribution >= 0.6 is 0 Å². The van der Waals surface area contributed by atoms with Crippen molar-refractivity contribution in [3.8, 4) is 0 Å². The van der Waals surface area contributed by atoms with Gasteiger partial charge < -0.3 is 12.4 Å². The van der Waals surface area contributed by atoms with E-state index in [1.807, 2.05) is 0 Å². The summed E-state index contributed by atoms with van der Waals surface area (Å²) in [6.07, 6.45) is 5.54. The van der Waals surface area contributed by atoms with Crippen molar-refractivity contribution < 1.29 is 17.0 Å². The van der Waals surface area contributed by atoms with Crippen molar-refractivity contribution in [3.05, 3.63) is 30.1 Å². The predicted molar refractivity (Wildman–Crippen MR) is 35.1 cm³/mol. The van der Waals surface area contributed by atoms with Gasteiger partial charge in [0.1, 0.15) is 0 Å². The van der Waals surface area contributed by atoms with Crippen LogP contribution < -0.4 is 17.0 Å². The van der Waals surface area contributed by atoms with Gasteiger partial charge in [-0.2, -0.15) is 4.57 Å². The van der Waals surface area contributed by atoms with E-state index in [0.717, 1.165) is 0 Å². The second kappa shape index (κ2) is 2.59. The van der Waals surface area contributed by atoms with Crippen LogP contribution in [0.25, 0.3) is 0 Å². The van der Waals surface area contributed by atoms with E-state index < -0.39 is 0 Å². The highest BCUT2D eigenvalue weighted by Gasteiger charge is 2.29. The van der Waals surface area contributed by atoms with Gasteiger partial charge in [-0.25, -0.2) is 0 Å². The summed E-state index contributed by atoms with van der Waals surface area (Å²) in [4.78, 5) is 0. The number of hydrogen-bond donors (Lipinski definition) is 0. The molecule has 2 aliphatic heterocycles. The quantitative estimate of drug-likeness (QED) is 0.426. The molecule has 1 aromatic rings. The summed E-state index contributed by atoms with van der Waals surface area (Å²) in [5.74, 6) is 0. The second-order valence-corrected chi connectivity index (χ2v) is 2.51. The maximum absolute atomic E-state index is 2.26. The number of nitrogens with zero attached hydrogens (tertiary/aromatic N) is 1. The molecule has 2 aliphatic rings. The average molecular weight is 156 g/mol. The molecule has 2 bridgehead atoms. The van der Waals surface area contributed by atoms with Crippen LogP contribution in [0.4, 0.5) is 0 Å². The molecule has 2 heteroatoms. The van der Waals surface area contributed by atoms with E-state index in [1.54, 1.807) is 0 Å². The molecule has 1 atom stereocenters. The van der Waals surface area contributed by atoms with Crippen molar-refractivity contribution in [1.82, 2.24) is 0 Å². The number of hydrogen-bond acceptors (Lipinski definition) is 0. The molecule has 0 radical (unpaired) electrons. The molecule has 0 aromatic carbocycles. The maximum atomic E-state index is 2.26. The third-order valence-corrected chi connectivity index (χ3v) is 1.98. The van der Waals surface area contributed by atoms with Crippen LogP contribution in [-0.4, -0.2) is 0 Å². The van der Waals surface area contributed by atoms with Crippen molar-refractivity contribution in [2.24, 2.45) is 0 Å². The molecule has 1 unspecified atom stereocenters. The molecule has 0 N–H and O–H groups in total. The van der Waals surface area contributed by atoms with Gasteiger partial charge in [0.2, 0.25) is 0 Å². The highest BCUT2D eigenvalue weighted by atomic mass is 35.5. The first-order valence-electron chi connectivity index (χ1n) is 3.42. The van der Waals surface area contributed by atoms with Gasteiger partial charge in [0, 0.05) is 12.5 Å². The van der Waals surface area contributed by atoms with Gasteiger partial charge in [-0.3, -0.25) is 0 Å². The van der Waals surface area contributed by atoms with E-state index >= 15 is 0 Å². The molecule has 3 rings (SSSR count). The Morgan fingerprint density at radius 3 is 2.70 bits per heavy atom. The fourth-order valence-electron chi connectivity index (χ4n) is 1.44. The summed E-state index contributed by atoms with van der Waals surface area (Å²) in [5.41, 5.74) is 1.49. The van der Waals surface area contributed by atoms with Gasteiger partial charge in [0.15, 0.2) is 18.4 Å². The summed E-state index contributed by atoms with van der Waals surface area (Å²) >= 11 is 0. The minimum Gasteiger partial charge on any atom is -1.00 e. The molecule has 1 aromatic heterocycles. The standard InChI is InChI=1S/C8H10N.ClH/c1-2-8-7-4-3-5-9(8)6-7;/h3-6,8H,2H2,1H3;1H/q+1;/p-1. The van der Waals surface area contributed by atoms with Gasteiger partial charge in [-0.15, -0.1) is 0 Å². The largest absolute Gasteiger partial charge is 1.00 e. The Labute approximate surface area is 67.1 Å². The minimum atomic E-state index is 0. The number of aromatic nitrogens is 1. The lowest BCUT2D eigenvalue weighted by molar-refractivity contribution is -0.739. The van der Waals surface area contributed by atoms with Gasteiger partial charge >= 0.3 is 0 Å². The highest BCUT2D eigenvalue weighted by molar-refractivity contribution is 5.13. The number of rotatable bonds is 1. The summed E-state index contributed by atoms with van der Waals surface area (Å²) in [6.45, 7) is 2.22. The molecule has 0 amide bonds. The number of halogens is 1. The Morgan fingerprint density at radius 1 is 1.60 bits per heavy atom. The van der Waals surface area contributed by atoms with Crippen molar-refractivity contribution in [2.45, 2.75) is 19.4 Å². The SMILES string of the molecule is CCC1c2ccc[n+]1c2.[Cl-]. The van der Waals surface area contributed by atoms with Crippen LogP contribution in [0, 0.1) is 0 Å². The third kappa shape index (κ3) is 0.816. The fraction of sp³-hybridized carbons (Fsp3) is 0.375. The molecule has 10 heavy (non-hydrogen) atoms. The summed E-state index contributed by atoms with van der Waals surface area (Å²) in [6, 6.07) is 4.99. The van der Waals surface area contributed by atoms with E-state index in [1.165, 1.54) is 12.0 Å². The Morgan fingerprint density at radius 2 is 2.40 bits per heavy atom. The molecular formula is C8H10ClN. The van der Waals surface area contributed by atoms with Crippen LogP contribution in [-0.2, 0) is 0 Å². The molecule has 54 valence electrons. The first-order valence-corrected chi connectivity index (χ1v) is 3.42. The van der Waals surface area contributed by atoms with Gasteiger partial charge in [-0.1, -0.05) is 6.92 Å². The smallest absolute Gasteiger partial charge is 0.189 e. The zero-order chi connectivity index (χ0) is 6.27. The molecular weight excluding hydrogens is 146 g/mol. The van der Waals surface area contributed by atoms with Gasteiger partial charge in [0.25, 0.3) is 0 Å². The van der Waals surface area contributed by atoms with E-state index in [-0.39, 0.29) is 12.4 Å². The van der Waals surface area contributed by atoms with Crippen LogP contribution in [0.5, 0.6) is 0 Å². The van der Waals surface area contributed by atoms with Crippen LogP contribution in [0.3, 0.4) is 0 Å². The molecule has 0 saturated carbocycles. The summed E-state index contributed by atoms with van der Waals surface area (Å²) in [5, 5.41) is 0. The fourth-order valence-corrected chi connectivity index (χ4v) is 1.44. The van der Waals surface area contributed by atoms with E-state index in [2.05, 4.69) is 36.0 Å². The van der Waals surface area contributed by atoms with Crippen molar-refractivity contribution >= 4 is 0 Å². The van der Waals surface area contributed by atoms with Crippen LogP contribution in [0.15, 0.2) is 24.5 Å². The lowest BCUT2D eigenvalue weighted by atomic mass is 10.0. The molecule has 1 nitrogen and oxygen atoms in total. The Balaban J connectivity index is 0.000000500. The van der Waals surface area contributed by atoms with Crippen LogP contribution in [0.1, 0.15) is 24.9 Å². The van der Waals surface area contributed by atoms with Crippen LogP contribution in [0.2, 0.25) is 0 Å². The zero-order valence-corrected chi connectivity index (χ0v) is 6.67. The van der Waals surface area contributed by atoms with Crippen molar-refractivity contribution in [3.63, 3.8) is 0 Å². The first-order chi connectivity index (χ1) is 4.42. The first kappa shape index (κ1) is 7.55. The molecule has 3 heterocycles. The van der Waals surface area contributed by atoms with E-state index in [4.69, 9.17) is 0 Å². The van der Waals surface area contributed by atoms with Crippen molar-refractivity contribution in [1.29, 1.82) is 0 Å². The van der Waals surface area contributed by atoms with Gasteiger partial charge in [-0.05, 0) is 6.07 Å². The summed E-state index contributed by atoms with van der Waals surface area (Å²) in [7, 11) is 0. The number of fused-ring (bicyclic) bond motifs is 2. The monoisotopic (exact) mass is 155 g/mol. The van der Waals surface area contributed by atoms with E-state index in [9.17, 15) is 0 Å².